The van der Waals surface area contributed by atoms with Crippen molar-refractivity contribution in [1.82, 2.24) is 10.2 Å². The third-order valence-corrected chi connectivity index (χ3v) is 3.97. The Morgan fingerprint density at radius 2 is 2.14 bits per heavy atom. The molecule has 3 N–H and O–H groups in total. The second-order valence-electron chi connectivity index (χ2n) is 4.22. The molecule has 0 atom stereocenters. The molecule has 0 saturated carbocycles. The van der Waals surface area contributed by atoms with Crippen LogP contribution in [0.3, 0.4) is 0 Å². The van der Waals surface area contributed by atoms with Crippen molar-refractivity contribution in [3.05, 3.63) is 47.7 Å². The Labute approximate surface area is 123 Å². The zero-order valence-electron chi connectivity index (χ0n) is 11.4. The van der Waals surface area contributed by atoms with Gasteiger partial charge in [-0.25, -0.2) is 8.42 Å². The van der Waals surface area contributed by atoms with Crippen LogP contribution in [0.5, 0.6) is 0 Å². The first-order valence-electron chi connectivity index (χ1n) is 6.13. The predicted octanol–water partition coefficient (Wildman–Crippen LogP) is 0.896. The molecule has 0 fully saturated rings. The molecular formula is C14H14N4O2S. The lowest BCUT2D eigenvalue weighted by Crippen LogP contribution is -2.15. The van der Waals surface area contributed by atoms with Crippen molar-refractivity contribution in [2.45, 2.75) is 11.8 Å². The van der Waals surface area contributed by atoms with Crippen LogP contribution in [-0.2, 0) is 10.0 Å². The molecule has 0 aliphatic carbocycles. The van der Waals surface area contributed by atoms with Crippen molar-refractivity contribution < 1.29 is 8.42 Å². The van der Waals surface area contributed by atoms with Crippen molar-refractivity contribution in [2.24, 2.45) is 5.73 Å². The first-order valence-corrected chi connectivity index (χ1v) is 7.61. The minimum absolute atomic E-state index is 0.0831. The minimum atomic E-state index is -3.79. The number of aromatic nitrogens is 2. The molecule has 0 bridgehead atoms. The molecule has 21 heavy (non-hydrogen) atoms. The highest BCUT2D eigenvalue weighted by Gasteiger charge is 2.18. The van der Waals surface area contributed by atoms with Crippen molar-refractivity contribution >= 4 is 15.8 Å². The molecule has 0 amide bonds. The van der Waals surface area contributed by atoms with E-state index >= 15 is 0 Å². The Balaban J connectivity index is 2.45. The Kier molecular flexibility index (Phi) is 4.52. The van der Waals surface area contributed by atoms with E-state index in [1.807, 2.05) is 6.92 Å². The van der Waals surface area contributed by atoms with E-state index in [1.54, 1.807) is 18.2 Å². The number of hydrogen-bond donors (Lipinski definition) is 2. The van der Waals surface area contributed by atoms with E-state index in [0.29, 0.717) is 5.56 Å². The van der Waals surface area contributed by atoms with Crippen LogP contribution in [0.2, 0.25) is 0 Å². The minimum Gasteiger partial charge on any atom is -0.320 e. The molecule has 0 spiro atoms. The summed E-state index contributed by atoms with van der Waals surface area (Å²) in [7, 11) is -3.79. The van der Waals surface area contributed by atoms with Gasteiger partial charge in [0.05, 0.1) is 6.54 Å². The first-order chi connectivity index (χ1) is 10.0. The Morgan fingerprint density at radius 3 is 2.81 bits per heavy atom. The molecule has 0 aliphatic rings. The fourth-order valence-electron chi connectivity index (χ4n) is 1.67. The zero-order valence-corrected chi connectivity index (χ0v) is 12.2. The standard InChI is InChI=1S/C14H14N4O2S/c1-11-6-7-13(12(10-11)4-2-8-15)21(19,20)18-14-5-3-9-16-17-14/h3,5-7,9-10H,8,15H2,1H3,(H,17,18). The van der Waals surface area contributed by atoms with Gasteiger partial charge in [-0.1, -0.05) is 17.9 Å². The Morgan fingerprint density at radius 1 is 1.33 bits per heavy atom. The summed E-state index contributed by atoms with van der Waals surface area (Å²) in [6.45, 7) is 2.02. The van der Waals surface area contributed by atoms with Crippen molar-refractivity contribution in [3.8, 4) is 11.8 Å². The van der Waals surface area contributed by atoms with E-state index in [-0.39, 0.29) is 17.3 Å². The SMILES string of the molecule is Cc1ccc(S(=O)(=O)Nc2cccnn2)c(C#CCN)c1. The number of aryl methyl sites for hydroxylation is 1. The molecule has 0 aliphatic heterocycles. The molecule has 7 heteroatoms. The highest BCUT2D eigenvalue weighted by molar-refractivity contribution is 7.92. The highest BCUT2D eigenvalue weighted by atomic mass is 32.2. The molecule has 0 unspecified atom stereocenters. The number of anilines is 1. The van der Waals surface area contributed by atoms with Gasteiger partial charge >= 0.3 is 0 Å². The fourth-order valence-corrected chi connectivity index (χ4v) is 2.81. The number of nitrogens with zero attached hydrogens (tertiary/aromatic N) is 2. The third kappa shape index (κ3) is 3.78. The average Bonchev–Trinajstić information content (AvgIpc) is 2.45. The van der Waals surface area contributed by atoms with Gasteiger partial charge in [0.25, 0.3) is 10.0 Å². The van der Waals surface area contributed by atoms with Crippen molar-refractivity contribution in [3.63, 3.8) is 0 Å². The average molecular weight is 302 g/mol. The summed E-state index contributed by atoms with van der Waals surface area (Å²) in [5.74, 6) is 5.59. The van der Waals surface area contributed by atoms with Crippen LogP contribution in [0.4, 0.5) is 5.82 Å². The van der Waals surface area contributed by atoms with Gasteiger partial charge in [-0.2, -0.15) is 5.10 Å². The van der Waals surface area contributed by atoms with Gasteiger partial charge in [0.1, 0.15) is 4.90 Å². The molecular weight excluding hydrogens is 288 g/mol. The van der Waals surface area contributed by atoms with Crippen LogP contribution in [-0.4, -0.2) is 25.2 Å². The summed E-state index contributed by atoms with van der Waals surface area (Å²) in [4.78, 5) is 0.0831. The van der Waals surface area contributed by atoms with Gasteiger partial charge in [0.15, 0.2) is 5.82 Å². The van der Waals surface area contributed by atoms with Gasteiger partial charge in [0, 0.05) is 11.8 Å². The van der Waals surface area contributed by atoms with E-state index in [4.69, 9.17) is 5.73 Å². The summed E-state index contributed by atoms with van der Waals surface area (Å²) < 4.78 is 27.2. The number of hydrogen-bond acceptors (Lipinski definition) is 5. The lowest BCUT2D eigenvalue weighted by atomic mass is 10.1. The van der Waals surface area contributed by atoms with Crippen molar-refractivity contribution in [2.75, 3.05) is 11.3 Å². The Bertz CT molecular complexity index is 793. The quantitative estimate of drug-likeness (QED) is 0.821. The van der Waals surface area contributed by atoms with Gasteiger partial charge in [0.2, 0.25) is 0 Å². The fraction of sp³-hybridized carbons (Fsp3) is 0.143. The maximum Gasteiger partial charge on any atom is 0.264 e. The summed E-state index contributed by atoms with van der Waals surface area (Å²) >= 11 is 0. The molecule has 1 aromatic heterocycles. The number of benzene rings is 1. The molecule has 1 aromatic carbocycles. The smallest absolute Gasteiger partial charge is 0.264 e. The number of nitrogens with one attached hydrogen (secondary N) is 1. The summed E-state index contributed by atoms with van der Waals surface area (Å²) in [5, 5.41) is 7.33. The highest BCUT2D eigenvalue weighted by Crippen LogP contribution is 2.19. The zero-order chi connectivity index (χ0) is 15.3. The van der Waals surface area contributed by atoms with Gasteiger partial charge < -0.3 is 5.73 Å². The molecule has 0 saturated heterocycles. The van der Waals surface area contributed by atoms with Gasteiger partial charge in [-0.3, -0.25) is 4.72 Å². The molecule has 2 aromatic rings. The molecule has 6 nitrogen and oxygen atoms in total. The summed E-state index contributed by atoms with van der Waals surface area (Å²) in [6.07, 6.45) is 1.46. The molecule has 1 heterocycles. The van der Waals surface area contributed by atoms with Crippen LogP contribution >= 0.6 is 0 Å². The van der Waals surface area contributed by atoms with E-state index in [0.717, 1.165) is 5.56 Å². The van der Waals surface area contributed by atoms with E-state index < -0.39 is 10.0 Å². The van der Waals surface area contributed by atoms with E-state index in [9.17, 15) is 8.42 Å². The monoisotopic (exact) mass is 302 g/mol. The summed E-state index contributed by atoms with van der Waals surface area (Å²) in [5.41, 5.74) is 6.65. The van der Waals surface area contributed by atoms with Crippen molar-refractivity contribution in [1.29, 1.82) is 0 Å². The van der Waals surface area contributed by atoms with Crippen LogP contribution in [0.25, 0.3) is 0 Å². The topological polar surface area (TPSA) is 98.0 Å². The maximum absolute atomic E-state index is 12.4. The maximum atomic E-state index is 12.4. The van der Waals surface area contributed by atoms with Gasteiger partial charge in [-0.05, 0) is 36.8 Å². The lowest BCUT2D eigenvalue weighted by molar-refractivity contribution is 0.600. The second-order valence-corrected chi connectivity index (χ2v) is 5.87. The first kappa shape index (κ1) is 15.0. The number of rotatable bonds is 3. The normalized spacial score (nSPS) is 10.6. The molecule has 2 rings (SSSR count). The lowest BCUT2D eigenvalue weighted by Gasteiger charge is -2.09. The van der Waals surface area contributed by atoms with Gasteiger partial charge in [-0.15, -0.1) is 5.10 Å². The van der Waals surface area contributed by atoms with Crippen LogP contribution in [0.1, 0.15) is 11.1 Å². The Hall–Kier alpha value is -2.43. The predicted molar refractivity (Wildman–Crippen MR) is 80.0 cm³/mol. The molecule has 108 valence electrons. The largest absolute Gasteiger partial charge is 0.320 e. The third-order valence-electron chi connectivity index (χ3n) is 2.56. The summed E-state index contributed by atoms with van der Waals surface area (Å²) in [6, 6.07) is 8.03. The van der Waals surface area contributed by atoms with Crippen LogP contribution in [0.15, 0.2) is 41.4 Å². The molecule has 0 radical (unpaired) electrons. The van der Waals surface area contributed by atoms with E-state index in [1.165, 1.54) is 18.3 Å². The number of nitrogens with two attached hydrogens (primary N) is 1. The van der Waals surface area contributed by atoms with E-state index in [2.05, 4.69) is 26.8 Å². The van der Waals surface area contributed by atoms with Crippen LogP contribution in [0, 0.1) is 18.8 Å². The number of sulfonamides is 1. The van der Waals surface area contributed by atoms with Crippen LogP contribution < -0.4 is 10.5 Å². The second kappa shape index (κ2) is 6.35.